The van der Waals surface area contributed by atoms with Gasteiger partial charge in [0.1, 0.15) is 6.10 Å². The van der Waals surface area contributed by atoms with Crippen molar-refractivity contribution in [3.8, 4) is 0 Å². The normalized spacial score (nSPS) is 17.8. The first-order valence-electron chi connectivity index (χ1n) is 4.20. The van der Waals surface area contributed by atoms with E-state index < -0.39 is 0 Å². The van der Waals surface area contributed by atoms with Crippen molar-refractivity contribution in [3.63, 3.8) is 0 Å². The first kappa shape index (κ1) is 7.56. The second-order valence-corrected chi connectivity index (χ2v) is 3.30. The van der Waals surface area contributed by atoms with E-state index in [4.69, 9.17) is 0 Å². The second-order valence-electron chi connectivity index (χ2n) is 3.30. The molecule has 0 saturated carbocycles. The van der Waals surface area contributed by atoms with Crippen molar-refractivity contribution in [2.45, 2.75) is 19.4 Å². The summed E-state index contributed by atoms with van der Waals surface area (Å²) in [5, 5.41) is 9.77. The molecule has 1 N–H and O–H groups in total. The Hall–Kier alpha value is -1.08. The Morgan fingerprint density at radius 2 is 1.83 bits per heavy atom. The van der Waals surface area contributed by atoms with Crippen molar-refractivity contribution >= 4 is 0 Å². The Kier molecular flexibility index (Phi) is 1.74. The van der Waals surface area contributed by atoms with Crippen LogP contribution >= 0.6 is 0 Å². The van der Waals surface area contributed by atoms with E-state index in [1.54, 1.807) is 0 Å². The molecule has 0 radical (unpaired) electrons. The maximum absolute atomic E-state index is 9.77. The molecule has 1 atom stereocenters. The second kappa shape index (κ2) is 2.76. The molecule has 0 fully saturated rings. The number of aliphatic hydroxyl groups is 1. The average molecular weight is 160 g/mol. The largest absolute Gasteiger partial charge is 0.384 e. The molecule has 0 bridgehead atoms. The van der Waals surface area contributed by atoms with Crippen LogP contribution in [-0.4, -0.2) is 5.11 Å². The fraction of sp³-hybridized carbons (Fsp3) is 0.273. The van der Waals surface area contributed by atoms with Crippen molar-refractivity contribution in [2.24, 2.45) is 0 Å². The molecule has 1 aliphatic carbocycles. The average Bonchev–Trinajstić information content (AvgIpc) is 2.83. The molecule has 0 saturated heterocycles. The minimum atomic E-state index is -0.355. The van der Waals surface area contributed by atoms with Crippen LogP contribution < -0.4 is 0 Å². The maximum atomic E-state index is 9.77. The number of benzene rings is 1. The summed E-state index contributed by atoms with van der Waals surface area (Å²) in [6.07, 6.45) is 0.655. The molecule has 0 unspecified atom stereocenters. The lowest BCUT2D eigenvalue weighted by Gasteiger charge is -2.05. The lowest BCUT2D eigenvalue weighted by molar-refractivity contribution is 0.220. The van der Waals surface area contributed by atoms with Crippen molar-refractivity contribution in [1.82, 2.24) is 0 Å². The maximum Gasteiger partial charge on any atom is 0.101 e. The molecular weight excluding hydrogens is 148 g/mol. The van der Waals surface area contributed by atoms with Crippen LogP contribution in [0.1, 0.15) is 25.0 Å². The molecule has 1 aromatic rings. The third-order valence-corrected chi connectivity index (χ3v) is 2.32. The van der Waals surface area contributed by atoms with Crippen LogP contribution in [-0.2, 0) is 0 Å². The first-order chi connectivity index (χ1) is 5.79. The van der Waals surface area contributed by atoms with Gasteiger partial charge in [0.15, 0.2) is 0 Å². The first-order valence-corrected chi connectivity index (χ1v) is 4.20. The molecule has 0 aromatic heterocycles. The molecule has 0 spiro atoms. The predicted octanol–water partition coefficient (Wildman–Crippen LogP) is 2.44. The molecule has 1 aliphatic rings. The highest BCUT2D eigenvalue weighted by atomic mass is 16.3. The quantitative estimate of drug-likeness (QED) is 0.659. The number of aliphatic hydroxyl groups excluding tert-OH is 1. The highest BCUT2D eigenvalue weighted by molar-refractivity contribution is 5.40. The van der Waals surface area contributed by atoms with Crippen LogP contribution in [0.25, 0.3) is 0 Å². The SMILES string of the molecule is CC1=C([C@H](O)c2ccccc2)C1. The smallest absolute Gasteiger partial charge is 0.101 e. The van der Waals surface area contributed by atoms with Gasteiger partial charge in [-0.05, 0) is 24.5 Å². The van der Waals surface area contributed by atoms with E-state index in [1.807, 2.05) is 30.3 Å². The minimum absolute atomic E-state index is 0.355. The zero-order valence-electron chi connectivity index (χ0n) is 7.12. The summed E-state index contributed by atoms with van der Waals surface area (Å²) < 4.78 is 0. The molecule has 1 aromatic carbocycles. The van der Waals surface area contributed by atoms with Gasteiger partial charge >= 0.3 is 0 Å². The van der Waals surface area contributed by atoms with Crippen LogP contribution in [0.2, 0.25) is 0 Å². The molecule has 12 heavy (non-hydrogen) atoms. The van der Waals surface area contributed by atoms with Gasteiger partial charge in [-0.3, -0.25) is 0 Å². The van der Waals surface area contributed by atoms with Crippen molar-refractivity contribution in [1.29, 1.82) is 0 Å². The third kappa shape index (κ3) is 1.28. The van der Waals surface area contributed by atoms with Gasteiger partial charge in [-0.1, -0.05) is 35.9 Å². The summed E-state index contributed by atoms with van der Waals surface area (Å²) in [7, 11) is 0. The molecule has 0 aliphatic heterocycles. The Balaban J connectivity index is 2.21. The summed E-state index contributed by atoms with van der Waals surface area (Å²) in [6, 6.07) is 9.80. The number of hydrogen-bond acceptors (Lipinski definition) is 1. The summed E-state index contributed by atoms with van der Waals surface area (Å²) in [4.78, 5) is 0. The summed E-state index contributed by atoms with van der Waals surface area (Å²) >= 11 is 0. The number of allylic oxidation sites excluding steroid dienone is 1. The predicted molar refractivity (Wildman–Crippen MR) is 48.7 cm³/mol. The van der Waals surface area contributed by atoms with E-state index in [2.05, 4.69) is 6.92 Å². The fourth-order valence-electron chi connectivity index (χ4n) is 1.41. The van der Waals surface area contributed by atoms with Gasteiger partial charge in [-0.25, -0.2) is 0 Å². The third-order valence-electron chi connectivity index (χ3n) is 2.32. The van der Waals surface area contributed by atoms with Gasteiger partial charge in [0.05, 0.1) is 0 Å². The van der Waals surface area contributed by atoms with Gasteiger partial charge in [0.25, 0.3) is 0 Å². The molecule has 1 nitrogen and oxygen atoms in total. The topological polar surface area (TPSA) is 20.2 Å². The van der Waals surface area contributed by atoms with Crippen LogP contribution in [0.5, 0.6) is 0 Å². The molecular formula is C11H12O. The van der Waals surface area contributed by atoms with E-state index in [0.717, 1.165) is 12.0 Å². The van der Waals surface area contributed by atoms with Gasteiger partial charge in [-0.15, -0.1) is 0 Å². The lowest BCUT2D eigenvalue weighted by Crippen LogP contribution is -1.93. The number of hydrogen-bond donors (Lipinski definition) is 1. The number of rotatable bonds is 2. The van der Waals surface area contributed by atoms with Crippen LogP contribution in [0, 0.1) is 0 Å². The highest BCUT2D eigenvalue weighted by Crippen LogP contribution is 2.40. The zero-order chi connectivity index (χ0) is 8.55. The van der Waals surface area contributed by atoms with E-state index >= 15 is 0 Å². The molecule has 62 valence electrons. The highest BCUT2D eigenvalue weighted by Gasteiger charge is 2.24. The zero-order valence-corrected chi connectivity index (χ0v) is 7.12. The Bertz CT molecular complexity index is 311. The Morgan fingerprint density at radius 3 is 2.33 bits per heavy atom. The Labute approximate surface area is 72.4 Å². The Morgan fingerprint density at radius 1 is 1.25 bits per heavy atom. The standard InChI is InChI=1S/C11H12O/c1-8-7-10(8)11(12)9-5-3-2-4-6-9/h2-6,11-12H,7H2,1H3/t11-/m1/s1. The van der Waals surface area contributed by atoms with E-state index in [-0.39, 0.29) is 6.10 Å². The summed E-state index contributed by atoms with van der Waals surface area (Å²) in [6.45, 7) is 2.07. The van der Waals surface area contributed by atoms with Gasteiger partial charge < -0.3 is 5.11 Å². The van der Waals surface area contributed by atoms with E-state index in [0.29, 0.717) is 0 Å². The molecule has 1 heteroatoms. The minimum Gasteiger partial charge on any atom is -0.384 e. The van der Waals surface area contributed by atoms with Gasteiger partial charge in [-0.2, -0.15) is 0 Å². The fourth-order valence-corrected chi connectivity index (χ4v) is 1.41. The summed E-state index contributed by atoms with van der Waals surface area (Å²) in [5.41, 5.74) is 3.54. The van der Waals surface area contributed by atoms with Crippen molar-refractivity contribution < 1.29 is 5.11 Å². The molecule has 0 amide bonds. The molecule has 2 rings (SSSR count). The van der Waals surface area contributed by atoms with Crippen molar-refractivity contribution in [2.75, 3.05) is 0 Å². The monoisotopic (exact) mass is 160 g/mol. The van der Waals surface area contributed by atoms with E-state index in [9.17, 15) is 5.11 Å². The lowest BCUT2D eigenvalue weighted by atomic mass is 10.1. The van der Waals surface area contributed by atoms with Gasteiger partial charge in [0.2, 0.25) is 0 Å². The van der Waals surface area contributed by atoms with Gasteiger partial charge in [0, 0.05) is 0 Å². The van der Waals surface area contributed by atoms with Crippen LogP contribution in [0.4, 0.5) is 0 Å². The van der Waals surface area contributed by atoms with Crippen molar-refractivity contribution in [3.05, 3.63) is 47.0 Å². The summed E-state index contributed by atoms with van der Waals surface area (Å²) in [5.74, 6) is 0. The van der Waals surface area contributed by atoms with Crippen LogP contribution in [0.15, 0.2) is 41.5 Å². The van der Waals surface area contributed by atoms with Crippen LogP contribution in [0.3, 0.4) is 0 Å². The molecule has 0 heterocycles. The van der Waals surface area contributed by atoms with E-state index in [1.165, 1.54) is 11.1 Å².